The van der Waals surface area contributed by atoms with Crippen molar-refractivity contribution in [3.8, 4) is 0 Å². The summed E-state index contributed by atoms with van der Waals surface area (Å²) in [6.45, 7) is 0. The van der Waals surface area contributed by atoms with Gasteiger partial charge in [-0.15, -0.1) is 0 Å². The maximum atomic E-state index is 12.7. The van der Waals surface area contributed by atoms with Crippen LogP contribution in [0.2, 0.25) is 5.02 Å². The number of nitrogens with one attached hydrogen (secondary N) is 3. The fourth-order valence-corrected chi connectivity index (χ4v) is 4.30. The Balaban J connectivity index is 1.43. The van der Waals surface area contributed by atoms with E-state index in [2.05, 4.69) is 15.4 Å². The van der Waals surface area contributed by atoms with Crippen molar-refractivity contribution in [1.29, 1.82) is 0 Å². The molecule has 0 atom stereocenters. The average Bonchev–Trinajstić information content (AvgIpc) is 3.35. The lowest BCUT2D eigenvalue weighted by Gasteiger charge is -2.10. The molecule has 0 unspecified atom stereocenters. The van der Waals surface area contributed by atoms with Gasteiger partial charge in [-0.25, -0.2) is 8.42 Å². The van der Waals surface area contributed by atoms with E-state index in [-0.39, 0.29) is 16.2 Å². The zero-order valence-electron chi connectivity index (χ0n) is 17.5. The van der Waals surface area contributed by atoms with E-state index in [0.29, 0.717) is 22.1 Å². The minimum absolute atomic E-state index is 0.0730. The van der Waals surface area contributed by atoms with Gasteiger partial charge in [-0.05, 0) is 72.8 Å². The first-order valence-corrected chi connectivity index (χ1v) is 11.8. The Kier molecular flexibility index (Phi) is 6.67. The molecule has 0 aliphatic rings. The van der Waals surface area contributed by atoms with Crippen LogP contribution >= 0.6 is 11.6 Å². The van der Waals surface area contributed by atoms with Crippen molar-refractivity contribution in [2.24, 2.45) is 0 Å². The second kappa shape index (κ2) is 9.82. The molecule has 1 heterocycles. The Labute approximate surface area is 200 Å². The van der Waals surface area contributed by atoms with E-state index >= 15 is 0 Å². The summed E-state index contributed by atoms with van der Waals surface area (Å²) in [5.74, 6) is -0.713. The van der Waals surface area contributed by atoms with Crippen LogP contribution in [0, 0.1) is 0 Å². The van der Waals surface area contributed by atoms with Crippen LogP contribution in [-0.2, 0) is 10.0 Å². The van der Waals surface area contributed by atoms with Crippen molar-refractivity contribution >= 4 is 50.5 Å². The second-order valence-corrected chi connectivity index (χ2v) is 9.23. The standard InChI is InChI=1S/C24H18ClN3O5S/c25-17-5-2-6-20(15-17)28-34(31,32)21-7-1-4-16(14-21)23(29)26-18-9-11-19(12-10-18)27-24(30)22-8-3-13-33-22/h1-15,28H,(H,26,29)(H,27,30). The lowest BCUT2D eigenvalue weighted by Crippen LogP contribution is -2.16. The smallest absolute Gasteiger partial charge is 0.291 e. The van der Waals surface area contributed by atoms with Crippen molar-refractivity contribution in [1.82, 2.24) is 0 Å². The van der Waals surface area contributed by atoms with Crippen LogP contribution < -0.4 is 15.4 Å². The number of furan rings is 1. The number of hydrogen-bond acceptors (Lipinski definition) is 5. The molecule has 2 amide bonds. The number of rotatable bonds is 7. The van der Waals surface area contributed by atoms with Crippen LogP contribution in [0.5, 0.6) is 0 Å². The molecule has 8 nitrogen and oxygen atoms in total. The van der Waals surface area contributed by atoms with Gasteiger partial charge in [0.05, 0.1) is 16.8 Å². The first kappa shape index (κ1) is 23.1. The molecule has 0 aliphatic carbocycles. The van der Waals surface area contributed by atoms with Gasteiger partial charge in [0.2, 0.25) is 0 Å². The van der Waals surface area contributed by atoms with Crippen molar-refractivity contribution in [2.75, 3.05) is 15.4 Å². The number of halogens is 1. The van der Waals surface area contributed by atoms with Gasteiger partial charge in [-0.3, -0.25) is 14.3 Å². The zero-order chi connectivity index (χ0) is 24.1. The number of amides is 2. The molecule has 0 saturated carbocycles. The summed E-state index contributed by atoms with van der Waals surface area (Å²) in [6, 6.07) is 21.6. The number of benzene rings is 3. The summed E-state index contributed by atoms with van der Waals surface area (Å²) in [7, 11) is -3.93. The maximum absolute atomic E-state index is 12.7. The van der Waals surface area contributed by atoms with E-state index in [4.69, 9.17) is 16.0 Å². The van der Waals surface area contributed by atoms with Crippen LogP contribution in [0.1, 0.15) is 20.9 Å². The number of carbonyl (C=O) groups excluding carboxylic acids is 2. The molecular weight excluding hydrogens is 478 g/mol. The topological polar surface area (TPSA) is 118 Å². The number of hydrogen-bond donors (Lipinski definition) is 3. The highest BCUT2D eigenvalue weighted by molar-refractivity contribution is 7.92. The third-order valence-corrected chi connectivity index (χ3v) is 6.24. The van der Waals surface area contributed by atoms with E-state index in [0.717, 1.165) is 0 Å². The number of carbonyl (C=O) groups is 2. The monoisotopic (exact) mass is 495 g/mol. The second-order valence-electron chi connectivity index (χ2n) is 7.11. The van der Waals surface area contributed by atoms with Gasteiger partial charge in [0.1, 0.15) is 0 Å². The Morgan fingerprint density at radius 2 is 1.41 bits per heavy atom. The van der Waals surface area contributed by atoms with E-state index in [1.54, 1.807) is 54.6 Å². The van der Waals surface area contributed by atoms with Gasteiger partial charge >= 0.3 is 0 Å². The van der Waals surface area contributed by atoms with Crippen molar-refractivity contribution in [3.05, 3.63) is 108 Å². The Morgan fingerprint density at radius 1 is 0.735 bits per heavy atom. The third-order valence-electron chi connectivity index (χ3n) is 4.63. The summed E-state index contributed by atoms with van der Waals surface area (Å²) in [6.07, 6.45) is 1.40. The molecule has 0 spiro atoms. The third kappa shape index (κ3) is 5.64. The van der Waals surface area contributed by atoms with E-state index in [1.165, 1.54) is 36.6 Å². The molecule has 10 heteroatoms. The van der Waals surface area contributed by atoms with E-state index < -0.39 is 21.8 Å². The Morgan fingerprint density at radius 3 is 2.06 bits per heavy atom. The van der Waals surface area contributed by atoms with Crippen LogP contribution in [-0.4, -0.2) is 20.2 Å². The first-order chi connectivity index (χ1) is 16.3. The fourth-order valence-electron chi connectivity index (χ4n) is 3.01. The lowest BCUT2D eigenvalue weighted by molar-refractivity contribution is 0.0994. The summed E-state index contributed by atoms with van der Waals surface area (Å²) < 4.78 is 32.9. The highest BCUT2D eigenvalue weighted by atomic mass is 35.5. The lowest BCUT2D eigenvalue weighted by atomic mass is 10.2. The van der Waals surface area contributed by atoms with Gasteiger partial charge in [-0.2, -0.15) is 0 Å². The van der Waals surface area contributed by atoms with Crippen molar-refractivity contribution in [2.45, 2.75) is 4.90 Å². The SMILES string of the molecule is O=C(Nc1ccc(NC(=O)c2ccco2)cc1)c1cccc(S(=O)(=O)Nc2cccc(Cl)c2)c1. The molecule has 4 aromatic rings. The average molecular weight is 496 g/mol. The van der Waals surface area contributed by atoms with Gasteiger partial charge < -0.3 is 15.1 Å². The van der Waals surface area contributed by atoms with Gasteiger partial charge in [-0.1, -0.05) is 23.7 Å². The minimum Gasteiger partial charge on any atom is -0.459 e. The Bertz CT molecular complexity index is 1440. The zero-order valence-corrected chi connectivity index (χ0v) is 19.1. The van der Waals surface area contributed by atoms with Crippen LogP contribution in [0.15, 0.2) is 101 Å². The van der Waals surface area contributed by atoms with Crippen molar-refractivity contribution < 1.29 is 22.4 Å². The summed E-state index contributed by atoms with van der Waals surface area (Å²) in [5, 5.41) is 5.76. The highest BCUT2D eigenvalue weighted by Crippen LogP contribution is 2.21. The van der Waals surface area contributed by atoms with Crippen LogP contribution in [0.4, 0.5) is 17.1 Å². The fraction of sp³-hybridized carbons (Fsp3) is 0. The molecule has 0 saturated heterocycles. The molecule has 34 heavy (non-hydrogen) atoms. The number of sulfonamides is 1. The predicted octanol–water partition coefficient (Wildman–Crippen LogP) is 5.24. The van der Waals surface area contributed by atoms with Gasteiger partial charge in [0, 0.05) is 22.0 Å². The highest BCUT2D eigenvalue weighted by Gasteiger charge is 2.17. The molecule has 4 rings (SSSR count). The predicted molar refractivity (Wildman–Crippen MR) is 130 cm³/mol. The van der Waals surface area contributed by atoms with Crippen LogP contribution in [0.3, 0.4) is 0 Å². The largest absolute Gasteiger partial charge is 0.459 e. The molecule has 1 aromatic heterocycles. The molecular formula is C24H18ClN3O5S. The first-order valence-electron chi connectivity index (χ1n) is 9.95. The van der Waals surface area contributed by atoms with Gasteiger partial charge in [0.15, 0.2) is 5.76 Å². The summed E-state index contributed by atoms with van der Waals surface area (Å²) in [4.78, 5) is 24.6. The molecule has 0 radical (unpaired) electrons. The Hall–Kier alpha value is -4.08. The molecule has 0 fully saturated rings. The van der Waals surface area contributed by atoms with Gasteiger partial charge in [0.25, 0.3) is 21.8 Å². The minimum atomic E-state index is -3.93. The molecule has 3 aromatic carbocycles. The normalized spacial score (nSPS) is 11.0. The molecule has 0 bridgehead atoms. The van der Waals surface area contributed by atoms with E-state index in [1.807, 2.05) is 0 Å². The summed E-state index contributed by atoms with van der Waals surface area (Å²) in [5.41, 5.74) is 1.44. The molecule has 0 aliphatic heterocycles. The van der Waals surface area contributed by atoms with Crippen LogP contribution in [0.25, 0.3) is 0 Å². The molecule has 172 valence electrons. The van der Waals surface area contributed by atoms with Crippen molar-refractivity contribution in [3.63, 3.8) is 0 Å². The quantitative estimate of drug-likeness (QED) is 0.324. The molecule has 3 N–H and O–H groups in total. The maximum Gasteiger partial charge on any atom is 0.291 e. The summed E-state index contributed by atoms with van der Waals surface area (Å²) >= 11 is 5.91. The van der Waals surface area contributed by atoms with E-state index in [9.17, 15) is 18.0 Å². The number of anilines is 3.